The highest BCUT2D eigenvalue weighted by molar-refractivity contribution is 6.30. The molecule has 3 aromatic carbocycles. The Kier molecular flexibility index (Phi) is 3.88. The molecular weight excluding hydrogens is 306 g/mol. The van der Waals surface area contributed by atoms with Gasteiger partial charge in [-0.15, -0.1) is 11.6 Å². The molecule has 0 spiro atoms. The third kappa shape index (κ3) is 2.64. The zero-order chi connectivity index (χ0) is 15.0. The summed E-state index contributed by atoms with van der Waals surface area (Å²) in [6, 6.07) is 16.8. The number of halogens is 3. The molecule has 0 bridgehead atoms. The van der Waals surface area contributed by atoms with Crippen LogP contribution in [-0.4, -0.2) is 0 Å². The number of fused-ring (bicyclic) bond motifs is 1. The van der Waals surface area contributed by atoms with Crippen molar-refractivity contribution in [2.45, 2.75) is 12.3 Å². The van der Waals surface area contributed by atoms with Crippen LogP contribution in [0.3, 0.4) is 0 Å². The zero-order valence-electron chi connectivity index (χ0n) is 11.4. The molecule has 1 atom stereocenters. The van der Waals surface area contributed by atoms with E-state index in [0.29, 0.717) is 5.56 Å². The molecule has 0 aliphatic heterocycles. The van der Waals surface area contributed by atoms with Gasteiger partial charge in [0.05, 0.1) is 10.4 Å². The molecule has 21 heavy (non-hydrogen) atoms. The van der Waals surface area contributed by atoms with Crippen LogP contribution in [0.5, 0.6) is 0 Å². The molecule has 0 aliphatic carbocycles. The molecule has 0 saturated heterocycles. The first-order chi connectivity index (χ1) is 10.1. The topological polar surface area (TPSA) is 0 Å². The first-order valence-corrected chi connectivity index (χ1v) is 7.46. The van der Waals surface area contributed by atoms with Crippen molar-refractivity contribution in [1.29, 1.82) is 0 Å². The fraction of sp³-hybridized carbons (Fsp3) is 0.111. The van der Waals surface area contributed by atoms with Crippen LogP contribution in [0.2, 0.25) is 5.02 Å². The number of benzene rings is 3. The fourth-order valence-electron chi connectivity index (χ4n) is 2.54. The lowest BCUT2D eigenvalue weighted by Crippen LogP contribution is -1.96. The maximum atomic E-state index is 13.6. The van der Waals surface area contributed by atoms with Gasteiger partial charge in [-0.2, -0.15) is 0 Å². The predicted octanol–water partition coefficient (Wildman–Crippen LogP) is 6.27. The summed E-state index contributed by atoms with van der Waals surface area (Å²) in [5.74, 6) is -0.448. The lowest BCUT2D eigenvalue weighted by Gasteiger charge is -2.15. The molecule has 0 amide bonds. The van der Waals surface area contributed by atoms with E-state index in [1.807, 2.05) is 30.3 Å². The van der Waals surface area contributed by atoms with Gasteiger partial charge in [0.1, 0.15) is 5.82 Å². The van der Waals surface area contributed by atoms with E-state index in [4.69, 9.17) is 23.2 Å². The minimum atomic E-state index is -0.448. The molecule has 3 heteroatoms. The third-order valence-electron chi connectivity index (χ3n) is 3.69. The Morgan fingerprint density at radius 3 is 2.38 bits per heavy atom. The highest BCUT2D eigenvalue weighted by Crippen LogP contribution is 2.35. The molecule has 106 valence electrons. The van der Waals surface area contributed by atoms with Gasteiger partial charge in [0, 0.05) is 0 Å². The summed E-state index contributed by atoms with van der Waals surface area (Å²) < 4.78 is 13.6. The summed E-state index contributed by atoms with van der Waals surface area (Å²) in [6.45, 7) is 2.07. The van der Waals surface area contributed by atoms with Crippen molar-refractivity contribution in [3.8, 4) is 0 Å². The Morgan fingerprint density at radius 1 is 0.952 bits per heavy atom. The van der Waals surface area contributed by atoms with E-state index >= 15 is 0 Å². The Labute approximate surface area is 133 Å². The molecule has 0 aromatic heterocycles. The molecule has 3 aromatic rings. The second-order valence-corrected chi connectivity index (χ2v) is 5.90. The van der Waals surface area contributed by atoms with Crippen molar-refractivity contribution in [3.63, 3.8) is 0 Å². The third-order valence-corrected chi connectivity index (χ3v) is 4.48. The normalized spacial score (nSPS) is 12.6. The number of rotatable bonds is 2. The molecule has 0 N–H and O–H groups in total. The molecule has 3 rings (SSSR count). The number of hydrogen-bond donors (Lipinski definition) is 0. The highest BCUT2D eigenvalue weighted by Gasteiger charge is 2.16. The molecule has 0 heterocycles. The van der Waals surface area contributed by atoms with Gasteiger partial charge in [-0.25, -0.2) is 4.39 Å². The van der Waals surface area contributed by atoms with Crippen LogP contribution in [0.15, 0.2) is 54.6 Å². The molecule has 0 radical (unpaired) electrons. The van der Waals surface area contributed by atoms with Gasteiger partial charge in [-0.05, 0) is 46.5 Å². The van der Waals surface area contributed by atoms with Gasteiger partial charge in [0.2, 0.25) is 0 Å². The summed E-state index contributed by atoms with van der Waals surface area (Å²) in [5, 5.41) is 1.95. The van der Waals surface area contributed by atoms with Crippen molar-refractivity contribution in [3.05, 3.63) is 82.1 Å². The summed E-state index contributed by atoms with van der Waals surface area (Å²) in [4.78, 5) is 0. The summed E-state index contributed by atoms with van der Waals surface area (Å²) in [6.07, 6.45) is 0. The molecule has 0 saturated carbocycles. The Hall–Kier alpha value is -1.57. The quantitative estimate of drug-likeness (QED) is 0.488. The van der Waals surface area contributed by atoms with Gasteiger partial charge in [-0.1, -0.05) is 54.1 Å². The monoisotopic (exact) mass is 318 g/mol. The lowest BCUT2D eigenvalue weighted by atomic mass is 9.95. The van der Waals surface area contributed by atoms with Crippen LogP contribution in [0.1, 0.15) is 22.1 Å². The maximum absolute atomic E-state index is 13.6. The van der Waals surface area contributed by atoms with Crippen molar-refractivity contribution in [2.75, 3.05) is 0 Å². The second kappa shape index (κ2) is 5.67. The van der Waals surface area contributed by atoms with Gasteiger partial charge in [-0.3, -0.25) is 0 Å². The molecule has 0 aliphatic rings. The number of aryl methyl sites for hydroxylation is 1. The van der Waals surface area contributed by atoms with E-state index in [1.54, 1.807) is 6.07 Å². The van der Waals surface area contributed by atoms with Crippen LogP contribution in [0.25, 0.3) is 10.8 Å². The Morgan fingerprint density at radius 2 is 1.67 bits per heavy atom. The van der Waals surface area contributed by atoms with Gasteiger partial charge in [0.15, 0.2) is 0 Å². The largest absolute Gasteiger partial charge is 0.205 e. The molecule has 1 unspecified atom stereocenters. The Bertz CT molecular complexity index is 811. The van der Waals surface area contributed by atoms with Gasteiger partial charge < -0.3 is 0 Å². The van der Waals surface area contributed by atoms with Crippen LogP contribution < -0.4 is 0 Å². The van der Waals surface area contributed by atoms with Crippen LogP contribution in [-0.2, 0) is 0 Å². The molecular formula is C18H13Cl2F. The first kappa shape index (κ1) is 14.4. The number of hydrogen-bond acceptors (Lipinski definition) is 0. The summed E-state index contributed by atoms with van der Waals surface area (Å²) >= 11 is 12.3. The first-order valence-electron chi connectivity index (χ1n) is 6.65. The van der Waals surface area contributed by atoms with Crippen molar-refractivity contribution < 1.29 is 4.39 Å². The van der Waals surface area contributed by atoms with E-state index < -0.39 is 11.2 Å². The van der Waals surface area contributed by atoms with E-state index in [2.05, 4.69) is 13.0 Å². The zero-order valence-corrected chi connectivity index (χ0v) is 12.9. The Balaban J connectivity index is 2.15. The van der Waals surface area contributed by atoms with Crippen LogP contribution in [0, 0.1) is 12.7 Å². The summed E-state index contributed by atoms with van der Waals surface area (Å²) in [5.41, 5.74) is 2.87. The highest BCUT2D eigenvalue weighted by atomic mass is 35.5. The van der Waals surface area contributed by atoms with E-state index in [9.17, 15) is 4.39 Å². The molecule has 0 nitrogen and oxygen atoms in total. The van der Waals surface area contributed by atoms with E-state index in [1.165, 1.54) is 17.7 Å². The van der Waals surface area contributed by atoms with Gasteiger partial charge >= 0.3 is 0 Å². The SMILES string of the molecule is Cc1ccc(C(Cl)c2ccc(Cl)c(F)c2)c2ccccc12. The predicted molar refractivity (Wildman–Crippen MR) is 87.8 cm³/mol. The lowest BCUT2D eigenvalue weighted by molar-refractivity contribution is 0.626. The van der Waals surface area contributed by atoms with Gasteiger partial charge in [0.25, 0.3) is 0 Å². The van der Waals surface area contributed by atoms with E-state index in [0.717, 1.165) is 16.3 Å². The maximum Gasteiger partial charge on any atom is 0.142 e. The fourth-order valence-corrected chi connectivity index (χ4v) is 2.99. The minimum Gasteiger partial charge on any atom is -0.205 e. The van der Waals surface area contributed by atoms with Crippen LogP contribution in [0.4, 0.5) is 4.39 Å². The standard InChI is InChI=1S/C18H13Cl2F/c1-11-6-8-15(14-5-3-2-4-13(11)14)18(20)12-7-9-16(19)17(21)10-12/h2-10,18H,1H3. The average Bonchev–Trinajstić information content (AvgIpc) is 2.50. The van der Waals surface area contributed by atoms with Crippen molar-refractivity contribution in [1.82, 2.24) is 0 Å². The van der Waals surface area contributed by atoms with Crippen molar-refractivity contribution >= 4 is 34.0 Å². The van der Waals surface area contributed by atoms with Crippen LogP contribution >= 0.6 is 23.2 Å². The molecule has 0 fully saturated rings. The smallest absolute Gasteiger partial charge is 0.142 e. The average molecular weight is 319 g/mol. The summed E-state index contributed by atoms with van der Waals surface area (Å²) in [7, 11) is 0. The number of alkyl halides is 1. The van der Waals surface area contributed by atoms with Crippen molar-refractivity contribution in [2.24, 2.45) is 0 Å². The van der Waals surface area contributed by atoms with E-state index in [-0.39, 0.29) is 5.02 Å². The second-order valence-electron chi connectivity index (χ2n) is 5.05. The minimum absolute atomic E-state index is 0.108.